The number of carbonyl (C=O) groups excluding carboxylic acids is 1. The highest BCUT2D eigenvalue weighted by Crippen LogP contribution is 2.40. The zero-order valence-corrected chi connectivity index (χ0v) is 21.8. The lowest BCUT2D eigenvalue weighted by Gasteiger charge is -2.12. The molecule has 32 heavy (non-hydrogen) atoms. The van der Waals surface area contributed by atoms with Crippen LogP contribution in [-0.4, -0.2) is 33.2 Å². The Morgan fingerprint density at radius 3 is 1.53 bits per heavy atom. The number of allylic oxidation sites excluding steroid dienone is 2. The maximum absolute atomic E-state index is 13.1. The lowest BCUT2D eigenvalue weighted by atomic mass is 10.1. The Morgan fingerprint density at radius 1 is 0.781 bits per heavy atom. The van der Waals surface area contributed by atoms with Gasteiger partial charge in [-0.25, -0.2) is 0 Å². The zero-order chi connectivity index (χ0) is 23.3. The van der Waals surface area contributed by atoms with Crippen molar-refractivity contribution in [3.8, 4) is 23.0 Å². The van der Waals surface area contributed by atoms with Crippen LogP contribution in [-0.2, 0) is 4.79 Å². The van der Waals surface area contributed by atoms with Gasteiger partial charge in [0.25, 0.3) is 0 Å². The SMILES string of the molecule is CCOc1cc(/C=C2/CC/C(=C/c3cc(Br)c(OC)c(OCC)c3)C2=O)cc(Br)c1OC. The molecule has 0 radical (unpaired) electrons. The van der Waals surface area contributed by atoms with Gasteiger partial charge in [0.2, 0.25) is 0 Å². The first-order chi connectivity index (χ1) is 15.4. The molecule has 170 valence electrons. The number of ketones is 1. The highest BCUT2D eigenvalue weighted by molar-refractivity contribution is 9.11. The second-order valence-corrected chi connectivity index (χ2v) is 8.81. The molecule has 0 atom stereocenters. The van der Waals surface area contributed by atoms with Crippen LogP contribution in [0.1, 0.15) is 37.8 Å². The molecule has 0 heterocycles. The van der Waals surface area contributed by atoms with E-state index in [1.54, 1.807) is 14.2 Å². The minimum atomic E-state index is 0.0554. The number of methoxy groups -OCH3 is 2. The normalized spacial score (nSPS) is 16.0. The third-order valence-electron chi connectivity index (χ3n) is 5.00. The van der Waals surface area contributed by atoms with E-state index in [-0.39, 0.29) is 5.78 Å². The van der Waals surface area contributed by atoms with Gasteiger partial charge in [0.15, 0.2) is 28.8 Å². The van der Waals surface area contributed by atoms with Gasteiger partial charge in [0, 0.05) is 11.1 Å². The van der Waals surface area contributed by atoms with E-state index in [1.807, 2.05) is 50.3 Å². The van der Waals surface area contributed by atoms with Crippen LogP contribution in [0, 0.1) is 0 Å². The third kappa shape index (κ3) is 5.38. The maximum atomic E-state index is 13.1. The molecule has 1 fully saturated rings. The van der Waals surface area contributed by atoms with Gasteiger partial charge in [-0.2, -0.15) is 0 Å². The average molecular weight is 566 g/mol. The standard InChI is InChI=1S/C25H26Br2O5/c1-5-31-21-13-15(11-19(26)24(21)29-3)9-17-7-8-18(23(17)28)10-16-12-20(27)25(30-4)22(14-16)32-6-2/h9-14H,5-8H2,1-4H3/b17-9-,18-10-. The maximum Gasteiger partial charge on any atom is 0.185 e. The quantitative estimate of drug-likeness (QED) is 0.327. The summed E-state index contributed by atoms with van der Waals surface area (Å²) in [6, 6.07) is 7.64. The molecule has 0 aliphatic heterocycles. The summed E-state index contributed by atoms with van der Waals surface area (Å²) < 4.78 is 23.8. The summed E-state index contributed by atoms with van der Waals surface area (Å²) in [5.74, 6) is 2.62. The van der Waals surface area contributed by atoms with E-state index in [9.17, 15) is 4.79 Å². The van der Waals surface area contributed by atoms with Crippen molar-refractivity contribution < 1.29 is 23.7 Å². The van der Waals surface area contributed by atoms with E-state index in [0.717, 1.165) is 31.2 Å². The van der Waals surface area contributed by atoms with Gasteiger partial charge in [0.05, 0.1) is 36.4 Å². The molecule has 5 nitrogen and oxygen atoms in total. The largest absolute Gasteiger partial charge is 0.492 e. The molecule has 0 amide bonds. The Labute approximate surface area is 205 Å². The minimum Gasteiger partial charge on any atom is -0.492 e. The average Bonchev–Trinajstić information content (AvgIpc) is 3.07. The Hall–Kier alpha value is -2.25. The summed E-state index contributed by atoms with van der Waals surface area (Å²) in [7, 11) is 3.21. The highest BCUT2D eigenvalue weighted by atomic mass is 79.9. The first-order valence-corrected chi connectivity index (χ1v) is 12.0. The van der Waals surface area contributed by atoms with E-state index >= 15 is 0 Å². The van der Waals surface area contributed by atoms with Crippen molar-refractivity contribution in [2.24, 2.45) is 0 Å². The molecule has 0 aromatic heterocycles. The van der Waals surface area contributed by atoms with E-state index in [2.05, 4.69) is 31.9 Å². The van der Waals surface area contributed by atoms with Crippen LogP contribution in [0.5, 0.6) is 23.0 Å². The second-order valence-electron chi connectivity index (χ2n) is 7.10. The number of ether oxygens (including phenoxy) is 4. The molecule has 3 rings (SSSR count). The topological polar surface area (TPSA) is 54.0 Å². The number of Topliss-reactive ketones (excluding diaryl/α,β-unsaturated/α-hetero) is 1. The van der Waals surface area contributed by atoms with Gasteiger partial charge in [-0.1, -0.05) is 0 Å². The monoisotopic (exact) mass is 564 g/mol. The fraction of sp³-hybridized carbons (Fsp3) is 0.320. The van der Waals surface area contributed by atoms with Crippen LogP contribution in [0.2, 0.25) is 0 Å². The number of benzene rings is 2. The Balaban J connectivity index is 1.91. The molecule has 0 spiro atoms. The smallest absolute Gasteiger partial charge is 0.185 e. The number of hydrogen-bond donors (Lipinski definition) is 0. The number of carbonyl (C=O) groups is 1. The highest BCUT2D eigenvalue weighted by Gasteiger charge is 2.24. The summed E-state index contributed by atoms with van der Waals surface area (Å²) in [5, 5.41) is 0. The van der Waals surface area contributed by atoms with Gasteiger partial charge in [-0.05, 0) is 106 Å². The van der Waals surface area contributed by atoms with Crippen LogP contribution in [0.3, 0.4) is 0 Å². The molecule has 0 N–H and O–H groups in total. The van der Waals surface area contributed by atoms with Gasteiger partial charge in [-0.3, -0.25) is 4.79 Å². The van der Waals surface area contributed by atoms with Crippen LogP contribution in [0.25, 0.3) is 12.2 Å². The third-order valence-corrected chi connectivity index (χ3v) is 6.18. The molecule has 7 heteroatoms. The Kier molecular flexibility index (Phi) is 8.43. The number of rotatable bonds is 8. The van der Waals surface area contributed by atoms with Crippen molar-refractivity contribution in [1.82, 2.24) is 0 Å². The van der Waals surface area contributed by atoms with E-state index < -0.39 is 0 Å². The molecule has 0 unspecified atom stereocenters. The van der Waals surface area contributed by atoms with Crippen molar-refractivity contribution in [2.45, 2.75) is 26.7 Å². The van der Waals surface area contributed by atoms with E-state index in [4.69, 9.17) is 18.9 Å². The summed E-state index contributed by atoms with van der Waals surface area (Å²) in [6.45, 7) is 4.89. The molecular weight excluding hydrogens is 540 g/mol. The molecule has 1 saturated carbocycles. The van der Waals surface area contributed by atoms with Gasteiger partial charge < -0.3 is 18.9 Å². The number of hydrogen-bond acceptors (Lipinski definition) is 5. The van der Waals surface area contributed by atoms with Gasteiger partial charge in [0.1, 0.15) is 0 Å². The molecular formula is C25H26Br2O5. The van der Waals surface area contributed by atoms with Crippen molar-refractivity contribution in [2.75, 3.05) is 27.4 Å². The van der Waals surface area contributed by atoms with Gasteiger partial charge >= 0.3 is 0 Å². The molecule has 1 aliphatic carbocycles. The van der Waals surface area contributed by atoms with Crippen molar-refractivity contribution in [3.05, 3.63) is 55.5 Å². The molecule has 2 aromatic carbocycles. The van der Waals surface area contributed by atoms with E-state index in [0.29, 0.717) is 49.1 Å². The van der Waals surface area contributed by atoms with Crippen LogP contribution in [0.4, 0.5) is 0 Å². The summed E-state index contributed by atoms with van der Waals surface area (Å²) in [4.78, 5) is 13.1. The Morgan fingerprint density at radius 2 is 1.19 bits per heavy atom. The Bertz CT molecular complexity index is 989. The summed E-state index contributed by atoms with van der Waals surface area (Å²) in [5.41, 5.74) is 3.31. The summed E-state index contributed by atoms with van der Waals surface area (Å²) in [6.07, 6.45) is 5.22. The van der Waals surface area contributed by atoms with Crippen LogP contribution >= 0.6 is 31.9 Å². The molecule has 0 bridgehead atoms. The van der Waals surface area contributed by atoms with Gasteiger partial charge in [-0.15, -0.1) is 0 Å². The van der Waals surface area contributed by atoms with E-state index in [1.165, 1.54) is 0 Å². The second kappa shape index (κ2) is 11.1. The van der Waals surface area contributed by atoms with Crippen molar-refractivity contribution in [3.63, 3.8) is 0 Å². The lowest BCUT2D eigenvalue weighted by molar-refractivity contribution is -0.111. The predicted molar refractivity (Wildman–Crippen MR) is 134 cm³/mol. The first kappa shape index (κ1) is 24.4. The first-order valence-electron chi connectivity index (χ1n) is 10.4. The molecule has 1 aliphatic rings. The van der Waals surface area contributed by atoms with Crippen LogP contribution in [0.15, 0.2) is 44.4 Å². The van der Waals surface area contributed by atoms with Crippen LogP contribution < -0.4 is 18.9 Å². The number of halogens is 2. The molecule has 0 saturated heterocycles. The minimum absolute atomic E-state index is 0.0554. The summed E-state index contributed by atoms with van der Waals surface area (Å²) >= 11 is 7.06. The fourth-order valence-corrected chi connectivity index (χ4v) is 4.89. The lowest BCUT2D eigenvalue weighted by Crippen LogP contribution is -1.99. The van der Waals surface area contributed by atoms with Crippen molar-refractivity contribution in [1.29, 1.82) is 0 Å². The predicted octanol–water partition coefficient (Wildman–Crippen LogP) is 6.86. The zero-order valence-electron chi connectivity index (χ0n) is 18.6. The molecule has 2 aromatic rings. The van der Waals surface area contributed by atoms with Crippen molar-refractivity contribution >= 4 is 49.8 Å². The fourth-order valence-electron chi connectivity index (χ4n) is 3.65.